The molecule has 56 valence electrons. The van der Waals surface area contributed by atoms with Crippen molar-refractivity contribution in [1.29, 1.82) is 0 Å². The maximum atomic E-state index is 8.15. The molecule has 2 N–H and O–H groups in total. The van der Waals surface area contributed by atoms with Crippen LogP contribution in [0.25, 0.3) is 0 Å². The van der Waals surface area contributed by atoms with Gasteiger partial charge in [-0.1, -0.05) is 0 Å². The third-order valence-corrected chi connectivity index (χ3v) is 4.08. The van der Waals surface area contributed by atoms with Gasteiger partial charge in [-0.2, -0.15) is 0 Å². The molecule has 9 heavy (non-hydrogen) atoms. The van der Waals surface area contributed by atoms with Gasteiger partial charge in [-0.3, -0.25) is 0 Å². The van der Waals surface area contributed by atoms with Gasteiger partial charge < -0.3 is 0 Å². The molecule has 1 fully saturated rings. The van der Waals surface area contributed by atoms with E-state index < -0.39 is 0 Å². The van der Waals surface area contributed by atoms with E-state index in [0.717, 1.165) is 6.42 Å². The molecule has 0 heterocycles. The molecule has 0 radical (unpaired) electrons. The van der Waals surface area contributed by atoms with Crippen LogP contribution in [0.4, 0.5) is 0 Å². The van der Waals surface area contributed by atoms with Crippen LogP contribution in [0, 0.1) is 0 Å². The van der Waals surface area contributed by atoms with Crippen molar-refractivity contribution in [1.82, 2.24) is 5.39 Å². The van der Waals surface area contributed by atoms with Crippen molar-refractivity contribution in [2.24, 2.45) is 0 Å². The Balaban J connectivity index is 2.05. The van der Waals surface area contributed by atoms with E-state index in [4.69, 9.17) is 10.4 Å². The Bertz CT molecular complexity index is 99.8. The molecule has 5 heteroatoms. The topological polar surface area (TPSA) is 52.9 Å². The molecule has 2 atom stereocenters. The van der Waals surface area contributed by atoms with Crippen molar-refractivity contribution >= 4 is 0 Å². The predicted molar refractivity (Wildman–Crippen MR) is 24.6 cm³/mol. The fourth-order valence-corrected chi connectivity index (χ4v) is 2.55. The van der Waals surface area contributed by atoms with Crippen molar-refractivity contribution in [3.8, 4) is 0 Å². The zero-order chi connectivity index (χ0) is 6.85. The van der Waals surface area contributed by atoms with E-state index in [1.54, 1.807) is 0 Å². The van der Waals surface area contributed by atoms with Gasteiger partial charge >= 0.3 is 63.2 Å². The van der Waals surface area contributed by atoms with Crippen LogP contribution in [0.2, 0.25) is 0 Å². The Morgan fingerprint density at radius 2 is 2.33 bits per heavy atom. The van der Waals surface area contributed by atoms with Gasteiger partial charge in [0.05, 0.1) is 0 Å². The van der Waals surface area contributed by atoms with Gasteiger partial charge in [0.1, 0.15) is 0 Å². The second kappa shape index (κ2) is 3.11. The maximum absolute atomic E-state index is 8.15. The molecule has 0 aromatic heterocycles. The summed E-state index contributed by atoms with van der Waals surface area (Å²) in [6, 6.07) is 0. The van der Waals surface area contributed by atoms with E-state index in [1.165, 1.54) is 0 Å². The van der Waals surface area contributed by atoms with Crippen LogP contribution in [0.5, 0.6) is 0 Å². The fourth-order valence-electron chi connectivity index (χ4n) is 0.603. The first-order chi connectivity index (χ1) is 4.24. The van der Waals surface area contributed by atoms with Gasteiger partial charge in [0.25, 0.3) is 0 Å². The molecule has 0 aromatic rings. The first kappa shape index (κ1) is 7.67. The third kappa shape index (κ3) is 2.34. The molecule has 0 spiro atoms. The Kier molecular flexibility index (Phi) is 2.65. The van der Waals surface area contributed by atoms with Crippen LogP contribution >= 0.6 is 0 Å². The van der Waals surface area contributed by atoms with E-state index in [1.807, 2.05) is 0 Å². The monoisotopic (exact) mass is 246 g/mol. The second-order valence-electron chi connectivity index (χ2n) is 1.87. The van der Waals surface area contributed by atoms with Gasteiger partial charge in [0, 0.05) is 0 Å². The fraction of sp³-hybridized carbons (Fsp3) is 1.00. The van der Waals surface area contributed by atoms with E-state index in [-0.39, 0.29) is 32.7 Å². The Morgan fingerprint density at radius 3 is 2.67 bits per heavy atom. The third-order valence-electron chi connectivity index (χ3n) is 1.17. The van der Waals surface area contributed by atoms with Crippen LogP contribution < -0.4 is 21.2 Å². The Hall–Kier alpha value is 0.570. The number of alkyl halides is 2. The zero-order valence-electron chi connectivity index (χ0n) is 4.99. The van der Waals surface area contributed by atoms with Crippen molar-refractivity contribution in [2.75, 3.05) is 4.93 Å². The summed E-state index contributed by atoms with van der Waals surface area (Å²) in [5.74, 6) is 0. The van der Waals surface area contributed by atoms with E-state index in [0.29, 0.717) is 3.92 Å². The quantitative estimate of drug-likeness (QED) is 0.314. The molecular formula is C4H9INO3-. The summed E-state index contributed by atoms with van der Waals surface area (Å²) in [4.78, 5) is 6.70. The summed E-state index contributed by atoms with van der Waals surface area (Å²) in [6.07, 6.45) is 1.07. The van der Waals surface area contributed by atoms with Crippen molar-refractivity contribution in [3.05, 3.63) is 0 Å². The molecule has 0 aromatic carbocycles. The van der Waals surface area contributed by atoms with Gasteiger partial charge in [-0.05, 0) is 0 Å². The van der Waals surface area contributed by atoms with Crippen molar-refractivity contribution in [2.45, 2.75) is 16.4 Å². The molecule has 1 rings (SSSR count). The number of rotatable bonds is 3. The zero-order valence-corrected chi connectivity index (χ0v) is 7.15. The molecular weight excluding hydrogens is 237 g/mol. The van der Waals surface area contributed by atoms with E-state index in [2.05, 4.69) is 9.77 Å². The Morgan fingerprint density at radius 1 is 1.67 bits per heavy atom. The SMILES string of the molecule is C[I-]C1CC1ON(O)O. The van der Waals surface area contributed by atoms with Crippen LogP contribution in [-0.2, 0) is 4.84 Å². The molecule has 0 saturated heterocycles. The predicted octanol–water partition coefficient (Wildman–Crippen LogP) is -3.14. The standard InChI is InChI=1S/C4H9INO3/c1-5-3-2-4(3)9-6(7)8/h3-4,7-8H,2H2,1H3/q-1. The van der Waals surface area contributed by atoms with Gasteiger partial charge in [0.2, 0.25) is 0 Å². The minimum atomic E-state index is -0.190. The summed E-state index contributed by atoms with van der Waals surface area (Å²) in [6.45, 7) is 0. The number of hydrogen-bond donors (Lipinski definition) is 2. The Labute approximate surface area is 63.5 Å². The second-order valence-corrected chi connectivity index (χ2v) is 4.71. The molecule has 0 aliphatic heterocycles. The summed E-state index contributed by atoms with van der Waals surface area (Å²) in [5, 5.41) is 16.1. The molecule has 1 aliphatic carbocycles. The molecule has 1 saturated carbocycles. The molecule has 4 nitrogen and oxygen atoms in total. The van der Waals surface area contributed by atoms with Crippen LogP contribution in [0.3, 0.4) is 0 Å². The molecule has 1 aliphatic rings. The summed E-state index contributed by atoms with van der Waals surface area (Å²) in [5.41, 5.74) is 0. The number of hydrogen-bond acceptors (Lipinski definition) is 4. The van der Waals surface area contributed by atoms with Crippen molar-refractivity contribution < 1.29 is 36.5 Å². The summed E-state index contributed by atoms with van der Waals surface area (Å²) in [7, 11) is 0. The summed E-state index contributed by atoms with van der Waals surface area (Å²) < 4.78 is 0.630. The molecule has 0 bridgehead atoms. The van der Waals surface area contributed by atoms with Crippen molar-refractivity contribution in [3.63, 3.8) is 0 Å². The van der Waals surface area contributed by atoms with Crippen LogP contribution in [-0.4, -0.2) is 30.8 Å². The average Bonchev–Trinajstić information content (AvgIpc) is 2.45. The van der Waals surface area contributed by atoms with Gasteiger partial charge in [0.15, 0.2) is 0 Å². The van der Waals surface area contributed by atoms with E-state index >= 15 is 0 Å². The van der Waals surface area contributed by atoms with Gasteiger partial charge in [-0.15, -0.1) is 0 Å². The minimum absolute atomic E-state index is 0.0813. The number of nitrogens with zero attached hydrogens (tertiary/aromatic N) is 1. The average molecular weight is 246 g/mol. The normalized spacial score (nSPS) is 33.8. The van der Waals surface area contributed by atoms with Gasteiger partial charge in [-0.25, -0.2) is 0 Å². The number of halogens is 1. The van der Waals surface area contributed by atoms with Crippen LogP contribution in [0.15, 0.2) is 0 Å². The van der Waals surface area contributed by atoms with E-state index in [9.17, 15) is 0 Å². The first-order valence-electron chi connectivity index (χ1n) is 2.56. The van der Waals surface area contributed by atoms with Crippen LogP contribution in [0.1, 0.15) is 6.42 Å². The molecule has 2 unspecified atom stereocenters. The first-order valence-corrected chi connectivity index (χ1v) is 5.97. The summed E-state index contributed by atoms with van der Waals surface area (Å²) >= 11 is 0.213. The molecule has 0 amide bonds.